The zero-order chi connectivity index (χ0) is 14.3. The highest BCUT2D eigenvalue weighted by Gasteiger charge is 2.12. The predicted molar refractivity (Wildman–Crippen MR) is 74.3 cm³/mol. The highest BCUT2D eigenvalue weighted by Crippen LogP contribution is 2.10. The average Bonchev–Trinajstić information content (AvgIpc) is 2.42. The Kier molecular flexibility index (Phi) is 6.06. The molecule has 1 rings (SSSR count). The van der Waals surface area contributed by atoms with Gasteiger partial charge in [0.25, 0.3) is 5.91 Å². The van der Waals surface area contributed by atoms with Crippen molar-refractivity contribution in [3.8, 4) is 0 Å². The molecular weight excluding hydrogens is 242 g/mol. The minimum Gasteiger partial charge on any atom is -0.481 e. The molecule has 0 radical (unpaired) electrons. The third-order valence-electron chi connectivity index (χ3n) is 3.03. The summed E-state index contributed by atoms with van der Waals surface area (Å²) in [6, 6.07) is 7.55. The highest BCUT2D eigenvalue weighted by atomic mass is 16.4. The third-order valence-corrected chi connectivity index (χ3v) is 3.03. The summed E-state index contributed by atoms with van der Waals surface area (Å²) >= 11 is 0. The van der Waals surface area contributed by atoms with Crippen LogP contribution in [0.5, 0.6) is 0 Å². The normalized spacial score (nSPS) is 10.2. The second-order valence-corrected chi connectivity index (χ2v) is 4.67. The van der Waals surface area contributed by atoms with Crippen molar-refractivity contribution in [1.29, 1.82) is 0 Å². The van der Waals surface area contributed by atoms with E-state index >= 15 is 0 Å². The number of hydrogen-bond acceptors (Lipinski definition) is 2. The first-order valence-corrected chi connectivity index (χ1v) is 6.60. The van der Waals surface area contributed by atoms with Crippen molar-refractivity contribution in [2.75, 3.05) is 13.6 Å². The summed E-state index contributed by atoms with van der Waals surface area (Å²) in [5.41, 5.74) is 1.83. The number of carbonyl (C=O) groups is 2. The quantitative estimate of drug-likeness (QED) is 0.822. The molecular formula is C15H21NO3. The minimum absolute atomic E-state index is 0.0309. The van der Waals surface area contributed by atoms with Crippen molar-refractivity contribution in [2.24, 2.45) is 0 Å². The molecule has 1 aromatic rings. The first kappa shape index (κ1) is 15.2. The molecule has 0 spiro atoms. The van der Waals surface area contributed by atoms with E-state index in [1.807, 2.05) is 24.3 Å². The first-order valence-electron chi connectivity index (χ1n) is 6.60. The Balaban J connectivity index is 2.59. The van der Waals surface area contributed by atoms with E-state index in [4.69, 9.17) is 5.11 Å². The van der Waals surface area contributed by atoms with E-state index in [1.54, 1.807) is 7.05 Å². The molecule has 0 aliphatic rings. The molecule has 0 saturated carbocycles. The van der Waals surface area contributed by atoms with E-state index in [-0.39, 0.29) is 18.9 Å². The van der Waals surface area contributed by atoms with Crippen LogP contribution in [-0.2, 0) is 11.2 Å². The zero-order valence-corrected chi connectivity index (χ0v) is 11.6. The Morgan fingerprint density at radius 3 is 2.37 bits per heavy atom. The number of carboxylic acid groups (broad SMARTS) is 1. The molecule has 0 bridgehead atoms. The summed E-state index contributed by atoms with van der Waals surface area (Å²) in [5, 5.41) is 8.60. The molecule has 0 saturated heterocycles. The lowest BCUT2D eigenvalue weighted by molar-refractivity contribution is -0.137. The van der Waals surface area contributed by atoms with Crippen molar-refractivity contribution in [2.45, 2.75) is 32.6 Å². The van der Waals surface area contributed by atoms with E-state index in [1.165, 1.54) is 10.5 Å². The predicted octanol–water partition coefficient (Wildman–Crippen LogP) is 2.58. The second-order valence-electron chi connectivity index (χ2n) is 4.67. The molecule has 19 heavy (non-hydrogen) atoms. The van der Waals surface area contributed by atoms with Crippen LogP contribution in [0.3, 0.4) is 0 Å². The second kappa shape index (κ2) is 7.56. The number of benzene rings is 1. The molecule has 0 unspecified atom stereocenters. The number of nitrogens with zero attached hydrogens (tertiary/aromatic N) is 1. The van der Waals surface area contributed by atoms with Crippen LogP contribution in [0, 0.1) is 0 Å². The number of carbonyl (C=O) groups excluding carboxylic acids is 1. The topological polar surface area (TPSA) is 57.6 Å². The molecule has 0 aliphatic carbocycles. The van der Waals surface area contributed by atoms with Gasteiger partial charge in [-0.2, -0.15) is 0 Å². The molecule has 0 aromatic heterocycles. The smallest absolute Gasteiger partial charge is 0.305 e. The summed E-state index contributed by atoms with van der Waals surface area (Å²) < 4.78 is 0. The SMILES string of the molecule is CCCCc1ccc(C(=O)N(C)CCC(=O)O)cc1. The maximum atomic E-state index is 12.0. The van der Waals surface area contributed by atoms with Gasteiger partial charge in [-0.15, -0.1) is 0 Å². The van der Waals surface area contributed by atoms with E-state index in [0.717, 1.165) is 19.3 Å². The summed E-state index contributed by atoms with van der Waals surface area (Å²) in [7, 11) is 1.62. The van der Waals surface area contributed by atoms with Gasteiger partial charge in [-0.25, -0.2) is 0 Å². The van der Waals surface area contributed by atoms with Crippen LogP contribution in [0.25, 0.3) is 0 Å². The molecule has 104 valence electrons. The molecule has 1 amide bonds. The van der Waals surface area contributed by atoms with Crippen LogP contribution in [-0.4, -0.2) is 35.5 Å². The number of hydrogen-bond donors (Lipinski definition) is 1. The first-order chi connectivity index (χ1) is 9.04. The Labute approximate surface area is 114 Å². The van der Waals surface area contributed by atoms with Gasteiger partial charge in [0.05, 0.1) is 6.42 Å². The average molecular weight is 263 g/mol. The minimum atomic E-state index is -0.894. The van der Waals surface area contributed by atoms with Gasteiger partial charge in [-0.1, -0.05) is 25.5 Å². The Morgan fingerprint density at radius 2 is 1.84 bits per heavy atom. The molecule has 1 aromatic carbocycles. The van der Waals surface area contributed by atoms with Crippen molar-refractivity contribution < 1.29 is 14.7 Å². The van der Waals surface area contributed by atoms with E-state index < -0.39 is 5.97 Å². The van der Waals surface area contributed by atoms with Gasteiger partial charge in [-0.05, 0) is 30.5 Å². The van der Waals surface area contributed by atoms with Gasteiger partial charge in [0, 0.05) is 19.2 Å². The van der Waals surface area contributed by atoms with Crippen molar-refractivity contribution in [1.82, 2.24) is 4.90 Å². The van der Waals surface area contributed by atoms with Crippen LogP contribution < -0.4 is 0 Å². The summed E-state index contributed by atoms with van der Waals surface area (Å²) in [6.45, 7) is 2.38. The van der Waals surface area contributed by atoms with E-state index in [0.29, 0.717) is 5.56 Å². The fraction of sp³-hybridized carbons (Fsp3) is 0.467. The summed E-state index contributed by atoms with van der Waals surface area (Å²) in [5.74, 6) is -1.03. The van der Waals surface area contributed by atoms with Crippen LogP contribution in [0.4, 0.5) is 0 Å². The Hall–Kier alpha value is -1.84. The number of aliphatic carboxylic acids is 1. The lowest BCUT2D eigenvalue weighted by Crippen LogP contribution is -2.29. The summed E-state index contributed by atoms with van der Waals surface area (Å²) in [6.07, 6.45) is 3.29. The highest BCUT2D eigenvalue weighted by molar-refractivity contribution is 5.94. The number of unbranched alkanes of at least 4 members (excludes halogenated alkanes) is 1. The number of amides is 1. The molecule has 4 heteroatoms. The maximum Gasteiger partial charge on any atom is 0.305 e. The standard InChI is InChI=1S/C15H21NO3/c1-3-4-5-12-6-8-13(9-7-12)15(19)16(2)11-10-14(17)18/h6-9H,3-5,10-11H2,1-2H3,(H,17,18). The molecule has 0 heterocycles. The van der Waals surface area contributed by atoms with Crippen LogP contribution in [0.15, 0.2) is 24.3 Å². The van der Waals surface area contributed by atoms with Gasteiger partial charge in [0.1, 0.15) is 0 Å². The maximum absolute atomic E-state index is 12.0. The monoisotopic (exact) mass is 263 g/mol. The zero-order valence-electron chi connectivity index (χ0n) is 11.6. The van der Waals surface area contributed by atoms with Crippen molar-refractivity contribution in [3.63, 3.8) is 0 Å². The van der Waals surface area contributed by atoms with Gasteiger partial charge < -0.3 is 10.0 Å². The van der Waals surface area contributed by atoms with E-state index in [9.17, 15) is 9.59 Å². The largest absolute Gasteiger partial charge is 0.481 e. The van der Waals surface area contributed by atoms with Gasteiger partial charge in [0.2, 0.25) is 0 Å². The fourth-order valence-corrected chi connectivity index (χ4v) is 1.78. The molecule has 0 fully saturated rings. The van der Waals surface area contributed by atoms with Crippen LogP contribution in [0.1, 0.15) is 42.1 Å². The van der Waals surface area contributed by atoms with Crippen LogP contribution in [0.2, 0.25) is 0 Å². The van der Waals surface area contributed by atoms with E-state index in [2.05, 4.69) is 6.92 Å². The van der Waals surface area contributed by atoms with Crippen molar-refractivity contribution in [3.05, 3.63) is 35.4 Å². The van der Waals surface area contributed by atoms with Crippen LogP contribution >= 0.6 is 0 Å². The van der Waals surface area contributed by atoms with Crippen molar-refractivity contribution >= 4 is 11.9 Å². The number of carboxylic acids is 1. The Morgan fingerprint density at radius 1 is 1.21 bits per heavy atom. The third kappa shape index (κ3) is 5.12. The fourth-order valence-electron chi connectivity index (χ4n) is 1.78. The van der Waals surface area contributed by atoms with Gasteiger partial charge in [-0.3, -0.25) is 9.59 Å². The number of rotatable bonds is 7. The Bertz CT molecular complexity index is 426. The number of aryl methyl sites for hydroxylation is 1. The lowest BCUT2D eigenvalue weighted by atomic mass is 10.1. The molecule has 0 aliphatic heterocycles. The molecule has 4 nitrogen and oxygen atoms in total. The van der Waals surface area contributed by atoms with Gasteiger partial charge >= 0.3 is 5.97 Å². The lowest BCUT2D eigenvalue weighted by Gasteiger charge is -2.16. The molecule has 1 N–H and O–H groups in total. The molecule has 0 atom stereocenters. The summed E-state index contributed by atoms with van der Waals surface area (Å²) in [4.78, 5) is 23.9. The van der Waals surface area contributed by atoms with Gasteiger partial charge in [0.15, 0.2) is 0 Å².